The molecule has 0 aliphatic carbocycles. The third-order valence-corrected chi connectivity index (χ3v) is 3.68. The van der Waals surface area contributed by atoms with Crippen LogP contribution in [0.3, 0.4) is 0 Å². The largest absolute Gasteiger partial charge is 0.395 e. The lowest BCUT2D eigenvalue weighted by Crippen LogP contribution is -2.36. The standard InChI is InChI=1S/C15H20N2O/c16-10-13-5-7-14(8-6-13)11-17-9-3-1-2-4-15(17)12-18/h5-8,15,18H,1-4,9,11-12H2. The molecule has 0 aromatic heterocycles. The molecule has 1 heterocycles. The van der Waals surface area contributed by atoms with Gasteiger partial charge in [0.15, 0.2) is 0 Å². The summed E-state index contributed by atoms with van der Waals surface area (Å²) in [5, 5.41) is 18.2. The Bertz CT molecular complexity index is 407. The summed E-state index contributed by atoms with van der Waals surface area (Å²) >= 11 is 0. The first-order valence-electron chi connectivity index (χ1n) is 6.67. The maximum Gasteiger partial charge on any atom is 0.0991 e. The van der Waals surface area contributed by atoms with Crippen molar-refractivity contribution in [2.75, 3.05) is 13.2 Å². The fourth-order valence-electron chi connectivity index (χ4n) is 2.57. The molecule has 1 saturated heterocycles. The predicted octanol–water partition coefficient (Wildman–Crippen LogP) is 2.30. The lowest BCUT2D eigenvalue weighted by Gasteiger charge is -2.28. The molecule has 0 bridgehead atoms. The molecule has 1 N–H and O–H groups in total. The number of rotatable bonds is 3. The summed E-state index contributed by atoms with van der Waals surface area (Å²) in [5.41, 5.74) is 1.92. The monoisotopic (exact) mass is 244 g/mol. The third kappa shape index (κ3) is 3.32. The average Bonchev–Trinajstić information content (AvgIpc) is 2.64. The van der Waals surface area contributed by atoms with E-state index in [1.807, 2.05) is 24.3 Å². The number of benzene rings is 1. The van der Waals surface area contributed by atoms with Crippen LogP contribution in [0.1, 0.15) is 36.8 Å². The van der Waals surface area contributed by atoms with Crippen LogP contribution in [0.5, 0.6) is 0 Å². The van der Waals surface area contributed by atoms with Crippen molar-refractivity contribution in [2.45, 2.75) is 38.3 Å². The minimum atomic E-state index is 0.246. The first-order chi connectivity index (χ1) is 8.83. The molecule has 2 rings (SSSR count). The van der Waals surface area contributed by atoms with Crippen molar-refractivity contribution in [1.82, 2.24) is 4.90 Å². The summed E-state index contributed by atoms with van der Waals surface area (Å²) in [5.74, 6) is 0. The number of aliphatic hydroxyl groups excluding tert-OH is 1. The Kier molecular flexibility index (Phi) is 4.74. The van der Waals surface area contributed by atoms with Gasteiger partial charge in [-0.05, 0) is 37.1 Å². The normalized spacial score (nSPS) is 21.2. The summed E-state index contributed by atoms with van der Waals surface area (Å²) in [6.07, 6.45) is 4.79. The van der Waals surface area contributed by atoms with Crippen LogP contribution >= 0.6 is 0 Å². The molecule has 0 spiro atoms. The Balaban J connectivity index is 2.03. The van der Waals surface area contributed by atoms with Crippen LogP contribution in [0.4, 0.5) is 0 Å². The predicted molar refractivity (Wildman–Crippen MR) is 70.9 cm³/mol. The second kappa shape index (κ2) is 6.53. The summed E-state index contributed by atoms with van der Waals surface area (Å²) < 4.78 is 0. The maximum atomic E-state index is 9.46. The van der Waals surface area contributed by atoms with E-state index in [-0.39, 0.29) is 6.61 Å². The van der Waals surface area contributed by atoms with E-state index < -0.39 is 0 Å². The number of hydrogen-bond donors (Lipinski definition) is 1. The molecule has 1 unspecified atom stereocenters. The third-order valence-electron chi connectivity index (χ3n) is 3.68. The molecular weight excluding hydrogens is 224 g/mol. The molecule has 1 aromatic carbocycles. The molecule has 1 fully saturated rings. The molecule has 0 amide bonds. The summed E-state index contributed by atoms with van der Waals surface area (Å²) in [6, 6.07) is 10.2. The Morgan fingerprint density at radius 1 is 1.22 bits per heavy atom. The molecular formula is C15H20N2O. The van der Waals surface area contributed by atoms with Crippen molar-refractivity contribution in [2.24, 2.45) is 0 Å². The zero-order valence-corrected chi connectivity index (χ0v) is 10.7. The average molecular weight is 244 g/mol. The highest BCUT2D eigenvalue weighted by Crippen LogP contribution is 2.19. The molecule has 1 aromatic rings. The van der Waals surface area contributed by atoms with E-state index in [1.165, 1.54) is 24.8 Å². The topological polar surface area (TPSA) is 47.3 Å². The van der Waals surface area contributed by atoms with Crippen molar-refractivity contribution in [3.63, 3.8) is 0 Å². The van der Waals surface area contributed by atoms with E-state index >= 15 is 0 Å². The van der Waals surface area contributed by atoms with E-state index in [1.54, 1.807) is 0 Å². The summed E-state index contributed by atoms with van der Waals surface area (Å²) in [6.45, 7) is 2.18. The van der Waals surface area contributed by atoms with E-state index in [2.05, 4.69) is 11.0 Å². The minimum Gasteiger partial charge on any atom is -0.395 e. The van der Waals surface area contributed by atoms with E-state index in [9.17, 15) is 5.11 Å². The molecule has 96 valence electrons. The Labute approximate surface area is 109 Å². The van der Waals surface area contributed by atoms with Gasteiger partial charge in [0, 0.05) is 12.6 Å². The summed E-state index contributed by atoms with van der Waals surface area (Å²) in [7, 11) is 0. The van der Waals surface area contributed by atoms with Crippen LogP contribution in [0.25, 0.3) is 0 Å². The second-order valence-corrected chi connectivity index (χ2v) is 4.96. The van der Waals surface area contributed by atoms with Gasteiger partial charge in [0.1, 0.15) is 0 Å². The molecule has 1 atom stereocenters. The van der Waals surface area contributed by atoms with Gasteiger partial charge in [-0.2, -0.15) is 5.26 Å². The van der Waals surface area contributed by atoms with Crippen molar-refractivity contribution in [1.29, 1.82) is 5.26 Å². The molecule has 18 heavy (non-hydrogen) atoms. The van der Waals surface area contributed by atoms with Gasteiger partial charge >= 0.3 is 0 Å². The van der Waals surface area contributed by atoms with Crippen LogP contribution in [-0.2, 0) is 6.54 Å². The molecule has 1 aliphatic rings. The van der Waals surface area contributed by atoms with Gasteiger partial charge in [0.05, 0.1) is 18.2 Å². The number of aliphatic hydroxyl groups is 1. The minimum absolute atomic E-state index is 0.246. The van der Waals surface area contributed by atoms with Crippen molar-refractivity contribution < 1.29 is 5.11 Å². The zero-order valence-electron chi connectivity index (χ0n) is 10.7. The smallest absolute Gasteiger partial charge is 0.0991 e. The van der Waals surface area contributed by atoms with Crippen LogP contribution in [-0.4, -0.2) is 29.2 Å². The highest BCUT2D eigenvalue weighted by molar-refractivity contribution is 5.31. The maximum absolute atomic E-state index is 9.46. The van der Waals surface area contributed by atoms with E-state index in [0.717, 1.165) is 19.5 Å². The van der Waals surface area contributed by atoms with Gasteiger partial charge in [-0.1, -0.05) is 25.0 Å². The van der Waals surface area contributed by atoms with Crippen LogP contribution in [0, 0.1) is 11.3 Å². The first kappa shape index (κ1) is 13.1. The van der Waals surface area contributed by atoms with Gasteiger partial charge in [-0.3, -0.25) is 4.90 Å². The Morgan fingerprint density at radius 2 is 2.00 bits per heavy atom. The van der Waals surface area contributed by atoms with Gasteiger partial charge in [-0.25, -0.2) is 0 Å². The van der Waals surface area contributed by atoms with E-state index in [4.69, 9.17) is 5.26 Å². The molecule has 3 heteroatoms. The second-order valence-electron chi connectivity index (χ2n) is 4.96. The Morgan fingerprint density at radius 3 is 2.67 bits per heavy atom. The van der Waals surface area contributed by atoms with Crippen molar-refractivity contribution in [3.05, 3.63) is 35.4 Å². The van der Waals surface area contributed by atoms with Gasteiger partial charge in [0.25, 0.3) is 0 Å². The molecule has 3 nitrogen and oxygen atoms in total. The van der Waals surface area contributed by atoms with Gasteiger partial charge in [-0.15, -0.1) is 0 Å². The van der Waals surface area contributed by atoms with Crippen LogP contribution < -0.4 is 0 Å². The van der Waals surface area contributed by atoms with Crippen LogP contribution in [0.15, 0.2) is 24.3 Å². The van der Waals surface area contributed by atoms with Crippen molar-refractivity contribution in [3.8, 4) is 6.07 Å². The highest BCUT2D eigenvalue weighted by atomic mass is 16.3. The quantitative estimate of drug-likeness (QED) is 0.887. The zero-order chi connectivity index (χ0) is 12.8. The first-order valence-corrected chi connectivity index (χ1v) is 6.67. The fourth-order valence-corrected chi connectivity index (χ4v) is 2.57. The molecule has 0 radical (unpaired) electrons. The molecule has 1 aliphatic heterocycles. The summed E-state index contributed by atoms with van der Waals surface area (Å²) in [4.78, 5) is 2.37. The molecule has 0 saturated carbocycles. The fraction of sp³-hybridized carbons (Fsp3) is 0.533. The van der Waals surface area contributed by atoms with Gasteiger partial charge in [0.2, 0.25) is 0 Å². The number of hydrogen-bond acceptors (Lipinski definition) is 3. The number of likely N-dealkylation sites (tertiary alicyclic amines) is 1. The van der Waals surface area contributed by atoms with E-state index in [0.29, 0.717) is 11.6 Å². The SMILES string of the molecule is N#Cc1ccc(CN2CCCCCC2CO)cc1. The lowest BCUT2D eigenvalue weighted by molar-refractivity contribution is 0.118. The number of nitrogens with zero attached hydrogens (tertiary/aromatic N) is 2. The number of nitriles is 1. The lowest BCUT2D eigenvalue weighted by atomic mass is 10.1. The van der Waals surface area contributed by atoms with Gasteiger partial charge < -0.3 is 5.11 Å². The van der Waals surface area contributed by atoms with Crippen molar-refractivity contribution >= 4 is 0 Å². The van der Waals surface area contributed by atoms with Crippen LogP contribution in [0.2, 0.25) is 0 Å². The highest BCUT2D eigenvalue weighted by Gasteiger charge is 2.20. The Hall–Kier alpha value is -1.37.